The fourth-order valence-corrected chi connectivity index (χ4v) is 3.94. The van der Waals surface area contributed by atoms with Crippen LogP contribution in [0, 0.1) is 5.82 Å². The van der Waals surface area contributed by atoms with Gasteiger partial charge in [-0.3, -0.25) is 14.1 Å². The van der Waals surface area contributed by atoms with Crippen molar-refractivity contribution < 1.29 is 31.7 Å². The second-order valence-electron chi connectivity index (χ2n) is 9.53. The van der Waals surface area contributed by atoms with Gasteiger partial charge < -0.3 is 30.9 Å². The Kier molecular flexibility index (Phi) is 11.1. The van der Waals surface area contributed by atoms with E-state index in [0.717, 1.165) is 44.0 Å². The summed E-state index contributed by atoms with van der Waals surface area (Å²) in [6, 6.07) is 11.6. The molecule has 1 aliphatic rings. The molecule has 1 aromatic heterocycles. The molecule has 2 heterocycles. The average molecular weight is 616 g/mol. The van der Waals surface area contributed by atoms with Crippen LogP contribution in [-0.4, -0.2) is 79.1 Å². The Labute approximate surface area is 249 Å². The van der Waals surface area contributed by atoms with Gasteiger partial charge in [0.15, 0.2) is 23.1 Å². The Bertz CT molecular complexity index is 1570. The monoisotopic (exact) mass is 615 g/mol. The minimum Gasteiger partial charge on any atom is -0.434 e. The number of halogens is 1. The lowest BCUT2D eigenvalue weighted by atomic mass is 10.2. The van der Waals surface area contributed by atoms with Crippen molar-refractivity contribution in [2.24, 2.45) is 5.73 Å². The van der Waals surface area contributed by atoms with Gasteiger partial charge in [0, 0.05) is 49.3 Å². The van der Waals surface area contributed by atoms with E-state index in [-0.39, 0.29) is 23.1 Å². The smallest absolute Gasteiger partial charge is 0.271 e. The van der Waals surface area contributed by atoms with E-state index >= 15 is 0 Å². The van der Waals surface area contributed by atoms with Crippen molar-refractivity contribution in [2.45, 2.75) is 13.3 Å². The van der Waals surface area contributed by atoms with Crippen LogP contribution in [0.1, 0.15) is 23.1 Å². The molecule has 1 saturated heterocycles. The molecule has 2 aromatic carbocycles. The molecule has 4 rings (SSSR count). The predicted molar refractivity (Wildman–Crippen MR) is 162 cm³/mol. The summed E-state index contributed by atoms with van der Waals surface area (Å²) in [7, 11) is -1.56. The van der Waals surface area contributed by atoms with Gasteiger partial charge in [0.2, 0.25) is 11.8 Å². The zero-order valence-corrected chi connectivity index (χ0v) is 24.8. The van der Waals surface area contributed by atoms with Crippen LogP contribution in [-0.2, 0) is 21.3 Å². The molecule has 0 saturated carbocycles. The van der Waals surface area contributed by atoms with E-state index in [4.69, 9.17) is 15.0 Å². The van der Waals surface area contributed by atoms with Gasteiger partial charge in [0.05, 0.1) is 6.26 Å². The molecule has 2 amide bonds. The molecule has 43 heavy (non-hydrogen) atoms. The number of hydrogen-bond acceptors (Lipinski definition) is 10. The first kappa shape index (κ1) is 32.9. The van der Waals surface area contributed by atoms with E-state index in [1.807, 2.05) is 24.3 Å². The van der Waals surface area contributed by atoms with Crippen LogP contribution in [0.5, 0.6) is 11.6 Å². The SMILES string of the molecule is C=CC(=O)Nc1ccc(F)c(Oc2nc(Nc3ccc(N4CCN(C)CC4)cc3)c(C(N)=O)nc2CC)c1.CS(=O)(=O)O. The first-order valence-electron chi connectivity index (χ1n) is 13.1. The highest BCUT2D eigenvalue weighted by atomic mass is 32.2. The predicted octanol–water partition coefficient (Wildman–Crippen LogP) is 3.19. The second-order valence-corrected chi connectivity index (χ2v) is 11.0. The zero-order chi connectivity index (χ0) is 31.7. The summed E-state index contributed by atoms with van der Waals surface area (Å²) in [6.45, 7) is 9.06. The fraction of sp³-hybridized carbons (Fsp3) is 0.286. The molecule has 1 aliphatic heterocycles. The molecule has 1 fully saturated rings. The number of ether oxygens (including phenoxy) is 1. The number of hydrogen-bond donors (Lipinski definition) is 4. The highest BCUT2D eigenvalue weighted by Crippen LogP contribution is 2.31. The largest absolute Gasteiger partial charge is 0.434 e. The number of aromatic nitrogens is 2. The summed E-state index contributed by atoms with van der Waals surface area (Å²) in [5, 5.41) is 5.64. The average Bonchev–Trinajstić information content (AvgIpc) is 2.94. The molecule has 13 nitrogen and oxygen atoms in total. The molecule has 5 N–H and O–H groups in total. The third kappa shape index (κ3) is 10.0. The fourth-order valence-electron chi connectivity index (χ4n) is 3.94. The Morgan fingerprint density at radius 1 is 1.12 bits per heavy atom. The lowest BCUT2D eigenvalue weighted by Gasteiger charge is -2.34. The van der Waals surface area contributed by atoms with Gasteiger partial charge in [-0.2, -0.15) is 13.4 Å². The van der Waals surface area contributed by atoms with E-state index in [0.29, 0.717) is 29.7 Å². The number of anilines is 4. The van der Waals surface area contributed by atoms with Gasteiger partial charge in [-0.25, -0.2) is 9.37 Å². The molecule has 230 valence electrons. The summed E-state index contributed by atoms with van der Waals surface area (Å²) in [5.41, 5.74) is 7.90. The third-order valence-electron chi connectivity index (χ3n) is 6.09. The molecule has 0 bridgehead atoms. The molecule has 0 unspecified atom stereocenters. The maximum Gasteiger partial charge on any atom is 0.271 e. The number of rotatable bonds is 9. The molecule has 0 spiro atoms. The van der Waals surface area contributed by atoms with Crippen molar-refractivity contribution >= 4 is 44.8 Å². The Morgan fingerprint density at radius 2 is 1.72 bits per heavy atom. The van der Waals surface area contributed by atoms with Gasteiger partial charge in [0.25, 0.3) is 16.0 Å². The number of likely N-dealkylation sites (N-methyl/N-ethyl adjacent to an activating group) is 1. The summed E-state index contributed by atoms with van der Waals surface area (Å²) in [5.74, 6) is -1.99. The summed E-state index contributed by atoms with van der Waals surface area (Å²) >= 11 is 0. The van der Waals surface area contributed by atoms with Crippen molar-refractivity contribution in [2.75, 3.05) is 55.0 Å². The van der Waals surface area contributed by atoms with E-state index in [1.54, 1.807) is 6.92 Å². The number of nitrogens with two attached hydrogens (primary N) is 1. The normalized spacial score (nSPS) is 13.4. The molecule has 0 aliphatic carbocycles. The van der Waals surface area contributed by atoms with Gasteiger partial charge in [0.1, 0.15) is 5.69 Å². The number of nitrogens with one attached hydrogen (secondary N) is 2. The van der Waals surface area contributed by atoms with E-state index in [2.05, 4.69) is 44.0 Å². The van der Waals surface area contributed by atoms with Crippen LogP contribution in [0.4, 0.5) is 27.3 Å². The maximum atomic E-state index is 14.6. The molecule has 3 aromatic rings. The van der Waals surface area contributed by atoms with Crippen molar-refractivity contribution in [1.29, 1.82) is 0 Å². The van der Waals surface area contributed by atoms with Gasteiger partial charge in [-0.15, -0.1) is 0 Å². The first-order chi connectivity index (χ1) is 20.3. The van der Waals surface area contributed by atoms with Gasteiger partial charge >= 0.3 is 0 Å². The lowest BCUT2D eigenvalue weighted by Crippen LogP contribution is -2.44. The van der Waals surface area contributed by atoms with Gasteiger partial charge in [-0.1, -0.05) is 13.5 Å². The highest BCUT2D eigenvalue weighted by molar-refractivity contribution is 7.85. The molecule has 0 atom stereocenters. The summed E-state index contributed by atoms with van der Waals surface area (Å²) in [4.78, 5) is 37.2. The van der Waals surface area contributed by atoms with Crippen molar-refractivity contribution in [3.05, 3.63) is 72.3 Å². The highest BCUT2D eigenvalue weighted by Gasteiger charge is 2.20. The number of amides is 2. The Balaban J connectivity index is 0.000000934. The van der Waals surface area contributed by atoms with Crippen LogP contribution in [0.25, 0.3) is 0 Å². The number of carbonyl (C=O) groups excluding carboxylic acids is 2. The third-order valence-corrected chi connectivity index (χ3v) is 6.09. The number of aryl methyl sites for hydroxylation is 1. The summed E-state index contributed by atoms with van der Waals surface area (Å²) in [6.07, 6.45) is 2.16. The Hall–Kier alpha value is -4.60. The van der Waals surface area contributed by atoms with E-state index in [1.165, 1.54) is 12.1 Å². The molecule has 15 heteroatoms. The van der Waals surface area contributed by atoms with Crippen molar-refractivity contribution in [3.8, 4) is 11.6 Å². The van der Waals surface area contributed by atoms with Gasteiger partial charge in [-0.05, 0) is 55.9 Å². The lowest BCUT2D eigenvalue weighted by molar-refractivity contribution is -0.111. The maximum absolute atomic E-state index is 14.6. The molecular weight excluding hydrogens is 581 g/mol. The minimum absolute atomic E-state index is 0.000143. The topological polar surface area (TPSA) is 180 Å². The van der Waals surface area contributed by atoms with E-state index < -0.39 is 27.7 Å². The minimum atomic E-state index is -3.67. The Morgan fingerprint density at radius 3 is 2.28 bits per heavy atom. The van der Waals surface area contributed by atoms with Crippen LogP contribution in [0.2, 0.25) is 0 Å². The number of carbonyl (C=O) groups is 2. The number of nitrogens with zero attached hydrogens (tertiary/aromatic N) is 4. The van der Waals surface area contributed by atoms with Crippen LogP contribution in [0.3, 0.4) is 0 Å². The first-order valence-corrected chi connectivity index (χ1v) is 15.0. The number of piperazine rings is 1. The van der Waals surface area contributed by atoms with Crippen LogP contribution >= 0.6 is 0 Å². The number of benzene rings is 2. The quantitative estimate of drug-likeness (QED) is 0.205. The second kappa shape index (κ2) is 14.5. The summed E-state index contributed by atoms with van der Waals surface area (Å²) < 4.78 is 46.2. The zero-order valence-electron chi connectivity index (χ0n) is 24.0. The standard InChI is InChI=1S/C27H30FN7O3.CH4O3S/c1-4-21-27(38-22-16-18(8-11-20(22)28)30-23(36)5-2)33-26(24(32-21)25(29)37)31-17-6-9-19(10-7-17)35-14-12-34(3)13-15-35;1-5(2,3)4/h5-11,16H,2,4,12-15H2,1,3H3,(H2,29,37)(H,30,36)(H,31,33);1H3,(H,2,3,4). The van der Waals surface area contributed by atoms with Crippen molar-refractivity contribution in [1.82, 2.24) is 14.9 Å². The number of primary amides is 1. The van der Waals surface area contributed by atoms with Crippen LogP contribution in [0.15, 0.2) is 55.1 Å². The van der Waals surface area contributed by atoms with Crippen LogP contribution < -0.4 is 26.0 Å². The van der Waals surface area contributed by atoms with E-state index in [9.17, 15) is 22.4 Å². The molecular formula is C28H34FN7O6S. The molecule has 0 radical (unpaired) electrons. The van der Waals surface area contributed by atoms with Crippen molar-refractivity contribution in [3.63, 3.8) is 0 Å².